The van der Waals surface area contributed by atoms with E-state index in [-0.39, 0.29) is 24.8 Å². The van der Waals surface area contributed by atoms with Gasteiger partial charge in [-0.1, -0.05) is 91.9 Å². The van der Waals surface area contributed by atoms with Crippen LogP contribution >= 0.6 is 0 Å². The molecule has 6 heteroatoms. The molecule has 0 saturated heterocycles. The van der Waals surface area contributed by atoms with E-state index in [0.717, 1.165) is 32.5 Å². The second-order valence-electron chi connectivity index (χ2n) is 9.90. The van der Waals surface area contributed by atoms with Gasteiger partial charge in [-0.15, -0.1) is 0 Å². The van der Waals surface area contributed by atoms with Crippen LogP contribution in [-0.4, -0.2) is 69.8 Å². The van der Waals surface area contributed by atoms with Crippen molar-refractivity contribution in [2.75, 3.05) is 52.7 Å². The van der Waals surface area contributed by atoms with Crippen LogP contribution in [-0.2, 0) is 23.7 Å². The van der Waals surface area contributed by atoms with Gasteiger partial charge in [0.05, 0.1) is 26.2 Å². The molecule has 0 bridgehead atoms. The Morgan fingerprint density at radius 3 is 1.78 bits per heavy atom. The normalized spacial score (nSPS) is 12.5. The topological polar surface area (TPSA) is 57.2 Å². The lowest BCUT2D eigenvalue weighted by atomic mass is 10.1. The van der Waals surface area contributed by atoms with Crippen molar-refractivity contribution in [3.05, 3.63) is 6.92 Å². The average molecular weight is 515 g/mol. The SMILES string of the molecule is [CH2]C(COCCN(CC)CC)COC(=O)CCC(OCCCCCCCC)OCCCCCCCC. The maximum atomic E-state index is 12.3. The monoisotopic (exact) mass is 514 g/mol. The summed E-state index contributed by atoms with van der Waals surface area (Å²) < 4.78 is 23.1. The summed E-state index contributed by atoms with van der Waals surface area (Å²) in [7, 11) is 0. The zero-order valence-electron chi connectivity index (χ0n) is 24.4. The summed E-state index contributed by atoms with van der Waals surface area (Å²) >= 11 is 0. The van der Waals surface area contributed by atoms with Gasteiger partial charge in [-0.25, -0.2) is 0 Å². The largest absolute Gasteiger partial charge is 0.465 e. The smallest absolute Gasteiger partial charge is 0.305 e. The first-order chi connectivity index (χ1) is 17.6. The van der Waals surface area contributed by atoms with E-state index in [1.807, 2.05) is 0 Å². The van der Waals surface area contributed by atoms with Gasteiger partial charge in [0.2, 0.25) is 0 Å². The summed E-state index contributed by atoms with van der Waals surface area (Å²) in [6, 6.07) is 0. The van der Waals surface area contributed by atoms with Gasteiger partial charge < -0.3 is 23.8 Å². The quantitative estimate of drug-likeness (QED) is 0.0625. The molecule has 0 N–H and O–H groups in total. The summed E-state index contributed by atoms with van der Waals surface area (Å²) in [5.41, 5.74) is 0. The minimum atomic E-state index is -0.331. The Balaban J connectivity index is 4.14. The lowest BCUT2D eigenvalue weighted by Gasteiger charge is -2.19. The summed E-state index contributed by atoms with van der Waals surface area (Å²) in [5, 5.41) is 0. The molecule has 0 heterocycles. The molecule has 0 aromatic rings. The molecule has 0 aromatic heterocycles. The molecule has 0 aromatic carbocycles. The van der Waals surface area contributed by atoms with Crippen LogP contribution in [0.1, 0.15) is 118 Å². The van der Waals surface area contributed by atoms with Gasteiger partial charge in [0, 0.05) is 32.1 Å². The predicted molar refractivity (Wildman–Crippen MR) is 150 cm³/mol. The zero-order chi connectivity index (χ0) is 26.7. The number of hydrogen-bond donors (Lipinski definition) is 0. The molecule has 1 radical (unpaired) electrons. The van der Waals surface area contributed by atoms with Crippen molar-refractivity contribution in [2.45, 2.75) is 124 Å². The lowest BCUT2D eigenvalue weighted by molar-refractivity contribution is -0.160. The zero-order valence-corrected chi connectivity index (χ0v) is 24.4. The second-order valence-corrected chi connectivity index (χ2v) is 9.90. The minimum Gasteiger partial charge on any atom is -0.465 e. The van der Waals surface area contributed by atoms with E-state index in [1.165, 1.54) is 64.2 Å². The molecule has 0 aliphatic rings. The average Bonchev–Trinajstić information content (AvgIpc) is 2.89. The van der Waals surface area contributed by atoms with Crippen LogP contribution in [0.3, 0.4) is 0 Å². The maximum Gasteiger partial charge on any atom is 0.305 e. The molecule has 6 nitrogen and oxygen atoms in total. The molecule has 0 spiro atoms. The molecule has 0 amide bonds. The first-order valence-electron chi connectivity index (χ1n) is 15.1. The van der Waals surface area contributed by atoms with E-state index in [2.05, 4.69) is 39.5 Å². The van der Waals surface area contributed by atoms with Crippen molar-refractivity contribution in [3.8, 4) is 0 Å². The first kappa shape index (κ1) is 35.3. The summed E-state index contributed by atoms with van der Waals surface area (Å²) in [5.74, 6) is -0.280. The van der Waals surface area contributed by atoms with E-state index in [4.69, 9.17) is 18.9 Å². The van der Waals surface area contributed by atoms with Crippen LogP contribution in [0.15, 0.2) is 0 Å². The molecule has 215 valence electrons. The van der Waals surface area contributed by atoms with Crippen LogP contribution < -0.4 is 0 Å². The lowest BCUT2D eigenvalue weighted by Crippen LogP contribution is -2.28. The third kappa shape index (κ3) is 23.7. The van der Waals surface area contributed by atoms with E-state index in [0.29, 0.717) is 39.3 Å². The fourth-order valence-corrected chi connectivity index (χ4v) is 3.96. The van der Waals surface area contributed by atoms with Crippen LogP contribution in [0, 0.1) is 12.8 Å². The van der Waals surface area contributed by atoms with E-state index in [9.17, 15) is 4.79 Å². The Kier molecular flexibility index (Phi) is 26.8. The first-order valence-corrected chi connectivity index (χ1v) is 15.1. The van der Waals surface area contributed by atoms with Crippen LogP contribution in [0.4, 0.5) is 0 Å². The third-order valence-electron chi connectivity index (χ3n) is 6.47. The van der Waals surface area contributed by atoms with Crippen molar-refractivity contribution in [3.63, 3.8) is 0 Å². The van der Waals surface area contributed by atoms with Crippen LogP contribution in [0.5, 0.6) is 0 Å². The molecule has 1 atom stereocenters. The molecule has 0 rings (SSSR count). The van der Waals surface area contributed by atoms with E-state index in [1.54, 1.807) is 0 Å². The predicted octanol–water partition coefficient (Wildman–Crippen LogP) is 7.20. The third-order valence-corrected chi connectivity index (χ3v) is 6.47. The molecule has 0 fully saturated rings. The van der Waals surface area contributed by atoms with Crippen molar-refractivity contribution in [1.82, 2.24) is 4.90 Å². The van der Waals surface area contributed by atoms with Crippen molar-refractivity contribution in [1.29, 1.82) is 0 Å². The number of hydrogen-bond acceptors (Lipinski definition) is 6. The Morgan fingerprint density at radius 2 is 1.25 bits per heavy atom. The number of rotatable bonds is 28. The van der Waals surface area contributed by atoms with Gasteiger partial charge in [0.25, 0.3) is 0 Å². The van der Waals surface area contributed by atoms with Gasteiger partial charge in [0.1, 0.15) is 0 Å². The van der Waals surface area contributed by atoms with E-state index < -0.39 is 0 Å². The molecule has 0 aliphatic heterocycles. The Bertz CT molecular complexity index is 441. The van der Waals surface area contributed by atoms with Crippen molar-refractivity contribution >= 4 is 5.97 Å². The molecule has 1 unspecified atom stereocenters. The summed E-state index contributed by atoms with van der Waals surface area (Å²) in [6.07, 6.45) is 15.2. The molecule has 0 aliphatic carbocycles. The second kappa shape index (κ2) is 27.3. The van der Waals surface area contributed by atoms with Gasteiger partial charge in [-0.2, -0.15) is 0 Å². The van der Waals surface area contributed by atoms with Gasteiger partial charge in [-0.3, -0.25) is 4.79 Å². The molecular formula is C30H60NO5. The van der Waals surface area contributed by atoms with Crippen LogP contribution in [0.25, 0.3) is 0 Å². The Morgan fingerprint density at radius 1 is 0.722 bits per heavy atom. The van der Waals surface area contributed by atoms with E-state index >= 15 is 0 Å². The Labute approximate surface area is 224 Å². The number of nitrogens with zero attached hydrogens (tertiary/aromatic N) is 1. The molecular weight excluding hydrogens is 454 g/mol. The number of esters is 1. The van der Waals surface area contributed by atoms with Crippen molar-refractivity contribution < 1.29 is 23.7 Å². The fraction of sp³-hybridized carbons (Fsp3) is 0.933. The highest BCUT2D eigenvalue weighted by Crippen LogP contribution is 2.12. The maximum absolute atomic E-state index is 12.3. The number of likely N-dealkylation sites (N-methyl/N-ethyl adjacent to an activating group) is 1. The standard InChI is InChI=1S/C30H60NO5/c1-6-10-12-14-16-18-23-34-30(35-24-19-17-15-13-11-7-2)21-20-29(32)36-27-28(5)26-33-25-22-31(8-3)9-4/h28,30H,5-27H2,1-4H3. The van der Waals surface area contributed by atoms with Gasteiger partial charge in [0.15, 0.2) is 6.29 Å². The number of carbonyl (C=O) groups excluding carboxylic acids is 1. The highest BCUT2D eigenvalue weighted by molar-refractivity contribution is 5.69. The molecule has 0 saturated carbocycles. The summed E-state index contributed by atoms with van der Waals surface area (Å²) in [6.45, 7) is 18.6. The highest BCUT2D eigenvalue weighted by Gasteiger charge is 2.14. The van der Waals surface area contributed by atoms with Gasteiger partial charge >= 0.3 is 5.97 Å². The minimum absolute atomic E-state index is 0.0608. The number of carbonyl (C=O) groups is 1. The fourth-order valence-electron chi connectivity index (χ4n) is 3.96. The number of unbranched alkanes of at least 4 members (excludes halogenated alkanes) is 10. The summed E-state index contributed by atoms with van der Waals surface area (Å²) in [4.78, 5) is 14.6. The molecule has 36 heavy (non-hydrogen) atoms. The van der Waals surface area contributed by atoms with Crippen molar-refractivity contribution in [2.24, 2.45) is 5.92 Å². The number of ether oxygens (including phenoxy) is 4. The highest BCUT2D eigenvalue weighted by atomic mass is 16.7. The van der Waals surface area contributed by atoms with Gasteiger partial charge in [-0.05, 0) is 32.9 Å². The van der Waals surface area contributed by atoms with Crippen LogP contribution in [0.2, 0.25) is 0 Å². The Hall–Kier alpha value is -0.690.